The van der Waals surface area contributed by atoms with Gasteiger partial charge in [0.2, 0.25) is 0 Å². The van der Waals surface area contributed by atoms with Gasteiger partial charge in [0.25, 0.3) is 11.4 Å². The molecule has 0 aromatic heterocycles. The molecule has 0 spiro atoms. The zero-order valence-electron chi connectivity index (χ0n) is 8.90. The number of rotatable bonds is 3. The van der Waals surface area contributed by atoms with Crippen molar-refractivity contribution in [3.8, 4) is 0 Å². The number of nitrogens with zero attached hydrogens (tertiary/aromatic N) is 2. The molecule has 0 amide bonds. The van der Waals surface area contributed by atoms with Crippen LogP contribution in [0.4, 0.5) is 11.4 Å². The highest BCUT2D eigenvalue weighted by Gasteiger charge is 2.16. The van der Waals surface area contributed by atoms with E-state index in [4.69, 9.17) is 0 Å². The Labute approximate surface area is 99.9 Å². The average molecular weight is 246 g/mol. The lowest BCUT2D eigenvalue weighted by Gasteiger charge is -2.00. The van der Waals surface area contributed by atoms with Crippen LogP contribution >= 0.6 is 0 Å². The van der Waals surface area contributed by atoms with Crippen molar-refractivity contribution >= 4 is 28.4 Å². The topological polar surface area (TPSA) is 103 Å². The highest BCUT2D eigenvalue weighted by Crippen LogP contribution is 2.27. The van der Waals surface area contributed by atoms with Crippen LogP contribution in [0, 0.1) is 20.2 Å². The summed E-state index contributed by atoms with van der Waals surface area (Å²) in [7, 11) is 0. The number of nitro groups is 2. The van der Waals surface area contributed by atoms with Crippen molar-refractivity contribution < 1.29 is 14.6 Å². The number of hydrogen-bond donors (Lipinski definition) is 0. The summed E-state index contributed by atoms with van der Waals surface area (Å²) >= 11 is 0. The van der Waals surface area contributed by atoms with Crippen LogP contribution in [0.2, 0.25) is 0 Å². The molecule has 7 nitrogen and oxygen atoms in total. The van der Waals surface area contributed by atoms with Crippen LogP contribution in [-0.2, 0) is 0 Å². The van der Waals surface area contributed by atoms with E-state index in [9.17, 15) is 25.0 Å². The summed E-state index contributed by atoms with van der Waals surface area (Å²) in [5.41, 5.74) is -0.549. The molecule has 2 aromatic rings. The average Bonchev–Trinajstić information content (AvgIpc) is 2.36. The Balaban J connectivity index is 2.74. The fraction of sp³-hybridized carbons (Fsp3) is 0. The summed E-state index contributed by atoms with van der Waals surface area (Å²) in [6.07, 6.45) is 0.358. The van der Waals surface area contributed by atoms with Crippen LogP contribution in [0.3, 0.4) is 0 Å². The fourth-order valence-corrected chi connectivity index (χ4v) is 1.66. The normalized spacial score (nSPS) is 10.2. The molecule has 0 saturated carbocycles. The van der Waals surface area contributed by atoms with Gasteiger partial charge in [-0.2, -0.15) is 0 Å². The molecule has 0 saturated heterocycles. The third kappa shape index (κ3) is 1.88. The maximum absolute atomic E-state index is 10.8. The smallest absolute Gasteiger partial charge is 0.280 e. The summed E-state index contributed by atoms with van der Waals surface area (Å²) in [5.74, 6) is 0. The van der Waals surface area contributed by atoms with Crippen molar-refractivity contribution in [1.29, 1.82) is 0 Å². The molecule has 7 heteroatoms. The monoisotopic (exact) mass is 246 g/mol. The van der Waals surface area contributed by atoms with Gasteiger partial charge in [0.05, 0.1) is 15.4 Å². The molecule has 2 aromatic carbocycles. The molecule has 0 radical (unpaired) electrons. The Morgan fingerprint density at radius 3 is 2.22 bits per heavy atom. The fourth-order valence-electron chi connectivity index (χ4n) is 1.66. The van der Waals surface area contributed by atoms with E-state index in [-0.39, 0.29) is 16.9 Å². The van der Waals surface area contributed by atoms with Gasteiger partial charge in [0, 0.05) is 18.2 Å². The second-order valence-corrected chi connectivity index (χ2v) is 3.57. The summed E-state index contributed by atoms with van der Waals surface area (Å²) in [6, 6.07) is 6.43. The lowest BCUT2D eigenvalue weighted by atomic mass is 10.1. The lowest BCUT2D eigenvalue weighted by molar-refractivity contribution is -0.385. The summed E-state index contributed by atoms with van der Waals surface area (Å²) in [6.45, 7) is 0. The van der Waals surface area contributed by atoms with Gasteiger partial charge < -0.3 is 0 Å². The minimum atomic E-state index is -0.662. The third-order valence-corrected chi connectivity index (χ3v) is 2.50. The number of carbonyl (C=O) groups is 1. The van der Waals surface area contributed by atoms with E-state index in [1.54, 1.807) is 0 Å². The molecule has 0 N–H and O–H groups in total. The second-order valence-electron chi connectivity index (χ2n) is 3.57. The zero-order valence-corrected chi connectivity index (χ0v) is 8.90. The molecule has 0 fully saturated rings. The van der Waals surface area contributed by atoms with Gasteiger partial charge in [0.1, 0.15) is 0 Å². The summed E-state index contributed by atoms with van der Waals surface area (Å²) in [5, 5.41) is 22.2. The first-order valence-electron chi connectivity index (χ1n) is 4.84. The molecule has 0 unspecified atom stereocenters. The van der Waals surface area contributed by atoms with Crippen LogP contribution < -0.4 is 0 Å². The number of nitro benzene ring substituents is 2. The number of aldehydes is 1. The van der Waals surface area contributed by atoms with Crippen molar-refractivity contribution in [1.82, 2.24) is 0 Å². The van der Waals surface area contributed by atoms with Crippen molar-refractivity contribution in [2.24, 2.45) is 0 Å². The first kappa shape index (κ1) is 11.6. The van der Waals surface area contributed by atoms with Crippen LogP contribution in [0.25, 0.3) is 10.8 Å². The lowest BCUT2D eigenvalue weighted by Crippen LogP contribution is -1.95. The van der Waals surface area contributed by atoms with Gasteiger partial charge in [-0.15, -0.1) is 0 Å². The zero-order chi connectivity index (χ0) is 13.3. The van der Waals surface area contributed by atoms with Crippen LogP contribution in [-0.4, -0.2) is 16.1 Å². The van der Waals surface area contributed by atoms with E-state index in [0.717, 1.165) is 0 Å². The number of benzene rings is 2. The van der Waals surface area contributed by atoms with Crippen molar-refractivity contribution in [2.75, 3.05) is 0 Å². The highest BCUT2D eigenvalue weighted by atomic mass is 16.6. The van der Waals surface area contributed by atoms with Gasteiger partial charge in [-0.3, -0.25) is 25.0 Å². The Morgan fingerprint density at radius 2 is 1.67 bits per heavy atom. The van der Waals surface area contributed by atoms with E-state index >= 15 is 0 Å². The standard InChI is InChI=1S/C11H6N2O5/c14-6-9-3-8-4-10(12(15)16)2-1-7(8)5-11(9)13(17)18/h1-6H. The molecular weight excluding hydrogens is 240 g/mol. The number of non-ortho nitro benzene ring substituents is 1. The highest BCUT2D eigenvalue weighted by molar-refractivity contribution is 5.94. The number of fused-ring (bicyclic) bond motifs is 1. The van der Waals surface area contributed by atoms with Crippen molar-refractivity contribution in [2.45, 2.75) is 0 Å². The first-order chi connectivity index (χ1) is 8.52. The molecule has 0 heterocycles. The van der Waals surface area contributed by atoms with E-state index in [0.29, 0.717) is 17.1 Å². The molecule has 18 heavy (non-hydrogen) atoms. The Morgan fingerprint density at radius 1 is 0.944 bits per heavy atom. The molecule has 90 valence electrons. The molecular formula is C11H6N2O5. The quantitative estimate of drug-likeness (QED) is 0.470. The molecule has 2 rings (SSSR count). The molecule has 0 atom stereocenters. The van der Waals surface area contributed by atoms with Crippen molar-refractivity contribution in [3.05, 3.63) is 56.1 Å². The van der Waals surface area contributed by atoms with Gasteiger partial charge >= 0.3 is 0 Å². The predicted molar refractivity (Wildman–Crippen MR) is 62.6 cm³/mol. The number of carbonyl (C=O) groups excluding carboxylic acids is 1. The maximum atomic E-state index is 10.8. The largest absolute Gasteiger partial charge is 0.298 e. The van der Waals surface area contributed by atoms with Crippen molar-refractivity contribution in [3.63, 3.8) is 0 Å². The number of hydrogen-bond acceptors (Lipinski definition) is 5. The van der Waals surface area contributed by atoms with E-state index in [2.05, 4.69) is 0 Å². The van der Waals surface area contributed by atoms with Crippen LogP contribution in [0.1, 0.15) is 10.4 Å². The van der Waals surface area contributed by atoms with E-state index in [1.165, 1.54) is 30.3 Å². The van der Waals surface area contributed by atoms with E-state index in [1.807, 2.05) is 0 Å². The van der Waals surface area contributed by atoms with Crippen LogP contribution in [0.15, 0.2) is 30.3 Å². The molecule has 0 aliphatic carbocycles. The third-order valence-electron chi connectivity index (χ3n) is 2.50. The molecule has 0 bridgehead atoms. The minimum absolute atomic E-state index is 0.104. The van der Waals surface area contributed by atoms with Crippen LogP contribution in [0.5, 0.6) is 0 Å². The summed E-state index contributed by atoms with van der Waals surface area (Å²) < 4.78 is 0. The maximum Gasteiger partial charge on any atom is 0.280 e. The molecule has 0 aliphatic rings. The predicted octanol–water partition coefficient (Wildman–Crippen LogP) is 2.47. The first-order valence-corrected chi connectivity index (χ1v) is 4.84. The minimum Gasteiger partial charge on any atom is -0.298 e. The second kappa shape index (κ2) is 4.21. The van der Waals surface area contributed by atoms with Gasteiger partial charge in [-0.1, -0.05) is 0 Å². The Hall–Kier alpha value is -2.83. The Kier molecular flexibility index (Phi) is 2.72. The van der Waals surface area contributed by atoms with Gasteiger partial charge in [-0.25, -0.2) is 0 Å². The van der Waals surface area contributed by atoms with Gasteiger partial charge in [0.15, 0.2) is 6.29 Å². The summed E-state index contributed by atoms with van der Waals surface area (Å²) in [4.78, 5) is 30.9. The Bertz CT molecular complexity index is 680. The molecule has 0 aliphatic heterocycles. The van der Waals surface area contributed by atoms with Gasteiger partial charge in [-0.05, 0) is 22.9 Å². The van der Waals surface area contributed by atoms with E-state index < -0.39 is 9.85 Å². The SMILES string of the molecule is O=Cc1cc2cc([N+](=O)[O-])ccc2cc1[N+](=O)[O-].